The second kappa shape index (κ2) is 7.92. The van der Waals surface area contributed by atoms with Crippen LogP contribution in [0.3, 0.4) is 0 Å². The summed E-state index contributed by atoms with van der Waals surface area (Å²) in [5, 5.41) is 10.6. The Morgan fingerprint density at radius 1 is 1.08 bits per heavy atom. The minimum atomic E-state index is -0.602. The summed E-state index contributed by atoms with van der Waals surface area (Å²) in [6.45, 7) is 9.13. The molecule has 4 nitrogen and oxygen atoms in total. The number of ether oxygens (including phenoxy) is 1. The first-order valence-electron chi connectivity index (χ1n) is 9.33. The van der Waals surface area contributed by atoms with E-state index in [1.807, 2.05) is 50.2 Å². The fourth-order valence-corrected chi connectivity index (χ4v) is 3.31. The molecule has 0 amide bonds. The fourth-order valence-electron chi connectivity index (χ4n) is 3.31. The largest absolute Gasteiger partial charge is 0.490 e. The van der Waals surface area contributed by atoms with E-state index in [9.17, 15) is 5.11 Å². The Bertz CT molecular complexity index is 865. The van der Waals surface area contributed by atoms with Gasteiger partial charge in [0.1, 0.15) is 24.3 Å². The van der Waals surface area contributed by atoms with Crippen LogP contribution in [-0.4, -0.2) is 27.4 Å². The minimum absolute atomic E-state index is 0.262. The smallest absolute Gasteiger partial charge is 0.125 e. The molecule has 2 atom stereocenters. The fraction of sp³-hybridized carbons (Fsp3) is 0.409. The average molecular weight is 352 g/mol. The Hall–Kier alpha value is -2.33. The predicted octanol–water partition coefficient (Wildman–Crippen LogP) is 4.61. The first-order valence-corrected chi connectivity index (χ1v) is 9.33. The number of aryl methyl sites for hydroxylation is 2. The molecule has 0 aliphatic heterocycles. The molecule has 0 radical (unpaired) electrons. The van der Waals surface area contributed by atoms with Crippen molar-refractivity contribution in [2.24, 2.45) is 0 Å². The molecule has 0 saturated carbocycles. The van der Waals surface area contributed by atoms with Gasteiger partial charge in [-0.3, -0.25) is 0 Å². The van der Waals surface area contributed by atoms with Gasteiger partial charge >= 0.3 is 0 Å². The molecular formula is C22H28N2O2. The van der Waals surface area contributed by atoms with E-state index >= 15 is 0 Å². The minimum Gasteiger partial charge on any atom is -0.490 e. The molecule has 0 spiro atoms. The number of aromatic nitrogens is 2. The molecule has 1 aromatic heterocycles. The summed E-state index contributed by atoms with van der Waals surface area (Å²) in [5.74, 6) is 2.23. The summed E-state index contributed by atoms with van der Waals surface area (Å²) in [5.41, 5.74) is 4.22. The quantitative estimate of drug-likeness (QED) is 0.676. The van der Waals surface area contributed by atoms with Crippen LogP contribution >= 0.6 is 0 Å². The lowest BCUT2D eigenvalue weighted by Gasteiger charge is -2.19. The molecule has 3 rings (SSSR count). The second-order valence-electron chi connectivity index (χ2n) is 7.06. The molecule has 1 N–H and O–H groups in total. The Morgan fingerprint density at radius 3 is 2.46 bits per heavy atom. The van der Waals surface area contributed by atoms with Crippen LogP contribution in [-0.2, 0) is 6.54 Å². The van der Waals surface area contributed by atoms with Crippen LogP contribution in [0.25, 0.3) is 11.0 Å². The zero-order valence-corrected chi connectivity index (χ0v) is 16.1. The van der Waals surface area contributed by atoms with Crippen molar-refractivity contribution >= 4 is 11.0 Å². The summed E-state index contributed by atoms with van der Waals surface area (Å²) < 4.78 is 8.07. The Balaban J connectivity index is 1.79. The Kier molecular flexibility index (Phi) is 5.62. The lowest BCUT2D eigenvalue weighted by Crippen LogP contribution is -2.25. The number of para-hydroxylation sites is 3. The van der Waals surface area contributed by atoms with Crippen LogP contribution < -0.4 is 4.74 Å². The van der Waals surface area contributed by atoms with Gasteiger partial charge in [0.25, 0.3) is 0 Å². The molecule has 2 unspecified atom stereocenters. The summed E-state index contributed by atoms with van der Waals surface area (Å²) in [7, 11) is 0. The molecule has 0 aliphatic rings. The predicted molar refractivity (Wildman–Crippen MR) is 106 cm³/mol. The summed E-state index contributed by atoms with van der Waals surface area (Å²) in [4.78, 5) is 4.79. The van der Waals surface area contributed by atoms with Crippen molar-refractivity contribution in [1.82, 2.24) is 9.55 Å². The lowest BCUT2D eigenvalue weighted by molar-refractivity contribution is 0.0918. The van der Waals surface area contributed by atoms with Gasteiger partial charge in [0.15, 0.2) is 0 Å². The highest BCUT2D eigenvalue weighted by atomic mass is 16.5. The highest BCUT2D eigenvalue weighted by Gasteiger charge is 2.18. The molecule has 2 aromatic carbocycles. The van der Waals surface area contributed by atoms with Gasteiger partial charge in [0.2, 0.25) is 0 Å². The summed E-state index contributed by atoms with van der Waals surface area (Å²) in [6, 6.07) is 14.2. The highest BCUT2D eigenvalue weighted by Crippen LogP contribution is 2.25. The van der Waals surface area contributed by atoms with Gasteiger partial charge in [-0.15, -0.1) is 0 Å². The van der Waals surface area contributed by atoms with Crippen LogP contribution in [0.4, 0.5) is 0 Å². The second-order valence-corrected chi connectivity index (χ2v) is 7.06. The van der Waals surface area contributed by atoms with Crippen LogP contribution in [0.5, 0.6) is 5.75 Å². The standard InChI is InChI=1S/C22H28N2O2/c1-5-15(2)22-23-19-11-6-7-12-20(19)24(22)13-18(25)14-26-21-16(3)9-8-10-17(21)4/h6-12,15,18,25H,5,13-14H2,1-4H3. The monoisotopic (exact) mass is 352 g/mol. The van der Waals surface area contributed by atoms with Crippen molar-refractivity contribution in [2.75, 3.05) is 6.61 Å². The van der Waals surface area contributed by atoms with Gasteiger partial charge in [-0.1, -0.05) is 44.2 Å². The molecule has 0 aliphatic carbocycles. The normalized spacial score (nSPS) is 13.7. The third kappa shape index (κ3) is 3.75. The lowest BCUT2D eigenvalue weighted by atomic mass is 10.1. The zero-order valence-electron chi connectivity index (χ0n) is 16.1. The van der Waals surface area contributed by atoms with E-state index in [0.717, 1.165) is 40.2 Å². The summed E-state index contributed by atoms with van der Waals surface area (Å²) >= 11 is 0. The van der Waals surface area contributed by atoms with Gasteiger partial charge in [-0.2, -0.15) is 0 Å². The van der Waals surface area contributed by atoms with Gasteiger partial charge in [0, 0.05) is 5.92 Å². The highest BCUT2D eigenvalue weighted by molar-refractivity contribution is 5.76. The number of benzene rings is 2. The first-order chi connectivity index (χ1) is 12.5. The number of rotatable bonds is 7. The first kappa shape index (κ1) is 18.5. The Morgan fingerprint density at radius 2 is 1.77 bits per heavy atom. The molecule has 1 heterocycles. The van der Waals surface area contributed by atoms with Gasteiger partial charge in [-0.25, -0.2) is 4.98 Å². The van der Waals surface area contributed by atoms with Crippen molar-refractivity contribution in [1.29, 1.82) is 0 Å². The third-order valence-corrected chi connectivity index (χ3v) is 4.96. The van der Waals surface area contributed by atoms with E-state index in [2.05, 4.69) is 24.5 Å². The third-order valence-electron chi connectivity index (χ3n) is 4.96. The van der Waals surface area contributed by atoms with E-state index in [1.54, 1.807) is 0 Å². The maximum absolute atomic E-state index is 10.6. The number of hydrogen-bond acceptors (Lipinski definition) is 3. The van der Waals surface area contributed by atoms with Crippen molar-refractivity contribution in [3.63, 3.8) is 0 Å². The van der Waals surface area contributed by atoms with Crippen molar-refractivity contribution < 1.29 is 9.84 Å². The van der Waals surface area contributed by atoms with E-state index in [-0.39, 0.29) is 6.61 Å². The van der Waals surface area contributed by atoms with E-state index in [4.69, 9.17) is 9.72 Å². The SMILES string of the molecule is CCC(C)c1nc2ccccc2n1CC(O)COc1c(C)cccc1C. The van der Waals surface area contributed by atoms with Crippen LogP contribution in [0.15, 0.2) is 42.5 Å². The van der Waals surface area contributed by atoms with Crippen LogP contribution in [0, 0.1) is 13.8 Å². The number of nitrogens with zero attached hydrogens (tertiary/aromatic N) is 2. The number of aliphatic hydroxyl groups excluding tert-OH is 1. The van der Waals surface area contributed by atoms with Crippen LogP contribution in [0.2, 0.25) is 0 Å². The summed E-state index contributed by atoms with van der Waals surface area (Å²) in [6.07, 6.45) is 0.410. The molecule has 3 aromatic rings. The number of aliphatic hydroxyl groups is 1. The van der Waals surface area contributed by atoms with Gasteiger partial charge < -0.3 is 14.4 Å². The van der Waals surface area contributed by atoms with Crippen LogP contribution in [0.1, 0.15) is 43.1 Å². The molecule has 0 saturated heterocycles. The number of fused-ring (bicyclic) bond motifs is 1. The molecule has 138 valence electrons. The molecular weight excluding hydrogens is 324 g/mol. The number of imidazole rings is 1. The Labute approximate surface area is 155 Å². The topological polar surface area (TPSA) is 47.3 Å². The maximum atomic E-state index is 10.6. The van der Waals surface area contributed by atoms with E-state index < -0.39 is 6.10 Å². The number of hydrogen-bond donors (Lipinski definition) is 1. The molecule has 0 bridgehead atoms. The molecule has 26 heavy (non-hydrogen) atoms. The maximum Gasteiger partial charge on any atom is 0.125 e. The van der Waals surface area contributed by atoms with Crippen molar-refractivity contribution in [3.05, 3.63) is 59.4 Å². The van der Waals surface area contributed by atoms with Crippen molar-refractivity contribution in [3.8, 4) is 5.75 Å². The zero-order chi connectivity index (χ0) is 18.7. The van der Waals surface area contributed by atoms with Gasteiger partial charge in [-0.05, 0) is 43.5 Å². The van der Waals surface area contributed by atoms with Crippen molar-refractivity contribution in [2.45, 2.75) is 52.7 Å². The average Bonchev–Trinajstić information content (AvgIpc) is 2.99. The molecule has 0 fully saturated rings. The molecule has 4 heteroatoms. The van der Waals surface area contributed by atoms with E-state index in [1.165, 1.54) is 0 Å². The van der Waals surface area contributed by atoms with Gasteiger partial charge in [0.05, 0.1) is 17.6 Å². The van der Waals surface area contributed by atoms with E-state index in [0.29, 0.717) is 12.5 Å².